The van der Waals surface area contributed by atoms with E-state index in [-0.39, 0.29) is 3.57 Å². The van der Waals surface area contributed by atoms with E-state index in [1.165, 1.54) is 10.8 Å². The molecule has 1 aromatic heterocycles. The first kappa shape index (κ1) is 14.3. The van der Waals surface area contributed by atoms with Crippen LogP contribution < -0.4 is 11.2 Å². The molecule has 0 saturated carbocycles. The van der Waals surface area contributed by atoms with Gasteiger partial charge in [0.15, 0.2) is 0 Å². The number of rotatable bonds is 3. The van der Waals surface area contributed by atoms with E-state index in [1.54, 1.807) is 29.5 Å². The molecule has 1 heterocycles. The van der Waals surface area contributed by atoms with Crippen molar-refractivity contribution in [3.05, 3.63) is 30.6 Å². The first-order chi connectivity index (χ1) is 7.76. The SMILES string of the molecule is CCn1cc(I)c(=O)n(CCC(F)(F)F)c1=O. The second kappa shape index (κ2) is 5.23. The van der Waals surface area contributed by atoms with Crippen molar-refractivity contribution in [1.29, 1.82) is 0 Å². The molecule has 17 heavy (non-hydrogen) atoms. The second-order valence-electron chi connectivity index (χ2n) is 3.37. The Morgan fingerprint density at radius 1 is 1.35 bits per heavy atom. The first-order valence-electron chi connectivity index (χ1n) is 4.82. The Balaban J connectivity index is 3.19. The van der Waals surface area contributed by atoms with Crippen molar-refractivity contribution in [1.82, 2.24) is 9.13 Å². The summed E-state index contributed by atoms with van der Waals surface area (Å²) in [5, 5.41) is 0. The van der Waals surface area contributed by atoms with Crippen molar-refractivity contribution in [2.45, 2.75) is 32.6 Å². The fourth-order valence-corrected chi connectivity index (χ4v) is 1.91. The zero-order chi connectivity index (χ0) is 13.2. The molecule has 0 aliphatic rings. The van der Waals surface area contributed by atoms with E-state index in [0.29, 0.717) is 11.1 Å². The van der Waals surface area contributed by atoms with Crippen molar-refractivity contribution in [2.75, 3.05) is 0 Å². The van der Waals surface area contributed by atoms with Gasteiger partial charge in [0, 0.05) is 19.3 Å². The fraction of sp³-hybridized carbons (Fsp3) is 0.556. The summed E-state index contributed by atoms with van der Waals surface area (Å²) >= 11 is 1.70. The predicted molar refractivity (Wildman–Crippen MR) is 64.0 cm³/mol. The summed E-state index contributed by atoms with van der Waals surface area (Å²) in [6.07, 6.45) is -4.23. The second-order valence-corrected chi connectivity index (χ2v) is 4.53. The molecular formula is C9H10F3IN2O2. The monoisotopic (exact) mass is 362 g/mol. The zero-order valence-corrected chi connectivity index (χ0v) is 11.1. The third-order valence-electron chi connectivity index (χ3n) is 2.15. The number of nitrogens with zero attached hydrogens (tertiary/aromatic N) is 2. The third kappa shape index (κ3) is 3.58. The predicted octanol–water partition coefficient (Wildman–Crippen LogP) is 1.59. The van der Waals surface area contributed by atoms with Crippen molar-refractivity contribution < 1.29 is 13.2 Å². The molecule has 0 N–H and O–H groups in total. The van der Waals surface area contributed by atoms with E-state index in [0.717, 1.165) is 0 Å². The average molecular weight is 362 g/mol. The van der Waals surface area contributed by atoms with Crippen molar-refractivity contribution in [3.8, 4) is 0 Å². The summed E-state index contributed by atoms with van der Waals surface area (Å²) in [5.41, 5.74) is -1.38. The Morgan fingerprint density at radius 2 is 1.94 bits per heavy atom. The van der Waals surface area contributed by atoms with Crippen LogP contribution in [0.1, 0.15) is 13.3 Å². The minimum atomic E-state index is -4.38. The van der Waals surface area contributed by atoms with Gasteiger partial charge in [0.05, 0.1) is 9.99 Å². The van der Waals surface area contributed by atoms with Crippen molar-refractivity contribution in [3.63, 3.8) is 0 Å². The van der Waals surface area contributed by atoms with Crippen molar-refractivity contribution >= 4 is 22.6 Å². The Morgan fingerprint density at radius 3 is 2.41 bits per heavy atom. The van der Waals surface area contributed by atoms with Gasteiger partial charge < -0.3 is 0 Å². The lowest BCUT2D eigenvalue weighted by molar-refractivity contribution is -0.137. The molecule has 0 aromatic carbocycles. The standard InChI is InChI=1S/C9H10F3IN2O2/c1-2-14-5-6(13)7(16)15(8(14)17)4-3-9(10,11)12/h5H,2-4H2,1H3. The topological polar surface area (TPSA) is 44.0 Å². The van der Waals surface area contributed by atoms with Crippen molar-refractivity contribution in [2.24, 2.45) is 0 Å². The van der Waals surface area contributed by atoms with E-state index >= 15 is 0 Å². The largest absolute Gasteiger partial charge is 0.390 e. The number of aryl methyl sites for hydroxylation is 1. The van der Waals surface area contributed by atoms with Crippen LogP contribution >= 0.6 is 22.6 Å². The molecule has 0 bridgehead atoms. The third-order valence-corrected chi connectivity index (χ3v) is 2.89. The van der Waals surface area contributed by atoms with E-state index in [9.17, 15) is 22.8 Å². The first-order valence-corrected chi connectivity index (χ1v) is 5.90. The number of aromatic nitrogens is 2. The Bertz CT molecular complexity index is 518. The molecule has 8 heteroatoms. The summed E-state index contributed by atoms with van der Waals surface area (Å²) in [7, 11) is 0. The molecule has 0 aliphatic heterocycles. The van der Waals surface area contributed by atoms with Gasteiger partial charge in [-0.2, -0.15) is 13.2 Å². The average Bonchev–Trinajstić information content (AvgIpc) is 2.22. The molecule has 0 aliphatic carbocycles. The number of alkyl halides is 3. The molecule has 0 spiro atoms. The molecular weight excluding hydrogens is 352 g/mol. The van der Waals surface area contributed by atoms with Gasteiger partial charge in [0.25, 0.3) is 5.56 Å². The van der Waals surface area contributed by atoms with Crippen LogP contribution in [0, 0.1) is 3.57 Å². The molecule has 0 fully saturated rings. The molecule has 0 unspecified atom stereocenters. The minimum Gasteiger partial charge on any atom is -0.300 e. The van der Waals surface area contributed by atoms with Crippen LogP contribution in [-0.2, 0) is 13.1 Å². The van der Waals surface area contributed by atoms with Crippen LogP contribution in [0.2, 0.25) is 0 Å². The molecule has 0 atom stereocenters. The zero-order valence-electron chi connectivity index (χ0n) is 8.92. The molecule has 1 rings (SSSR count). The highest BCUT2D eigenvalue weighted by Gasteiger charge is 2.27. The van der Waals surface area contributed by atoms with Gasteiger partial charge in [0.1, 0.15) is 0 Å². The van der Waals surface area contributed by atoms with Crippen LogP contribution in [0.25, 0.3) is 0 Å². The molecule has 0 saturated heterocycles. The summed E-state index contributed by atoms with van der Waals surface area (Å²) in [6, 6.07) is 0. The molecule has 0 amide bonds. The van der Waals surface area contributed by atoms with Gasteiger partial charge in [-0.1, -0.05) is 0 Å². The quantitative estimate of drug-likeness (QED) is 0.767. The van der Waals surface area contributed by atoms with E-state index in [2.05, 4.69) is 0 Å². The smallest absolute Gasteiger partial charge is 0.300 e. The molecule has 1 aromatic rings. The van der Waals surface area contributed by atoms with Gasteiger partial charge in [0.2, 0.25) is 0 Å². The maximum Gasteiger partial charge on any atom is 0.390 e. The highest BCUT2D eigenvalue weighted by Crippen LogP contribution is 2.19. The van der Waals surface area contributed by atoms with Crippen LogP contribution in [0.5, 0.6) is 0 Å². The maximum atomic E-state index is 12.1. The lowest BCUT2D eigenvalue weighted by Gasteiger charge is -2.10. The highest BCUT2D eigenvalue weighted by molar-refractivity contribution is 14.1. The Labute approximate surface area is 108 Å². The Kier molecular flexibility index (Phi) is 4.39. The minimum absolute atomic E-state index is 0.228. The summed E-state index contributed by atoms with van der Waals surface area (Å²) < 4.78 is 38.2. The Hall–Kier alpha value is -0.800. The summed E-state index contributed by atoms with van der Waals surface area (Å²) in [4.78, 5) is 23.2. The number of hydrogen-bond donors (Lipinski definition) is 0. The summed E-state index contributed by atoms with van der Waals surface area (Å²) in [5.74, 6) is 0. The van der Waals surface area contributed by atoms with Gasteiger partial charge >= 0.3 is 11.9 Å². The van der Waals surface area contributed by atoms with Gasteiger partial charge in [-0.15, -0.1) is 0 Å². The van der Waals surface area contributed by atoms with E-state index < -0.39 is 30.4 Å². The van der Waals surface area contributed by atoms with Crippen LogP contribution in [0.4, 0.5) is 13.2 Å². The lowest BCUT2D eigenvalue weighted by Crippen LogP contribution is -2.41. The van der Waals surface area contributed by atoms with Gasteiger partial charge in [-0.05, 0) is 29.5 Å². The number of halogens is 4. The van der Waals surface area contributed by atoms with Crippen LogP contribution in [0.15, 0.2) is 15.8 Å². The molecule has 96 valence electrons. The van der Waals surface area contributed by atoms with E-state index in [1.807, 2.05) is 0 Å². The summed E-state index contributed by atoms with van der Waals surface area (Å²) in [6.45, 7) is 1.34. The van der Waals surface area contributed by atoms with Gasteiger partial charge in [-0.25, -0.2) is 4.79 Å². The lowest BCUT2D eigenvalue weighted by atomic mass is 10.4. The highest BCUT2D eigenvalue weighted by atomic mass is 127. The normalized spacial score (nSPS) is 11.8. The molecule has 4 nitrogen and oxygen atoms in total. The van der Waals surface area contributed by atoms with E-state index in [4.69, 9.17) is 0 Å². The van der Waals surface area contributed by atoms with Crippen LogP contribution in [-0.4, -0.2) is 15.3 Å². The molecule has 0 radical (unpaired) electrons. The van der Waals surface area contributed by atoms with Gasteiger partial charge in [-0.3, -0.25) is 13.9 Å². The van der Waals surface area contributed by atoms with Crippen LogP contribution in [0.3, 0.4) is 0 Å². The number of hydrogen-bond acceptors (Lipinski definition) is 2. The maximum absolute atomic E-state index is 12.1. The fourth-order valence-electron chi connectivity index (χ4n) is 1.28.